The van der Waals surface area contributed by atoms with E-state index in [0.29, 0.717) is 39.4 Å². The van der Waals surface area contributed by atoms with Gasteiger partial charge < -0.3 is 14.6 Å². The molecule has 2 aromatic heterocycles. The van der Waals surface area contributed by atoms with Crippen molar-refractivity contribution in [3.05, 3.63) is 93.0 Å². The molecule has 0 spiro atoms. The molecule has 0 aliphatic heterocycles. The van der Waals surface area contributed by atoms with Crippen LogP contribution >= 0.6 is 23.2 Å². The zero-order chi connectivity index (χ0) is 22.7. The van der Waals surface area contributed by atoms with Gasteiger partial charge in [-0.15, -0.1) is 0 Å². The number of hydrogen-bond acceptors (Lipinski definition) is 5. The zero-order valence-corrected chi connectivity index (χ0v) is 18.9. The van der Waals surface area contributed by atoms with Crippen LogP contribution < -0.4 is 10.1 Å². The van der Waals surface area contributed by atoms with Crippen molar-refractivity contribution in [3.8, 4) is 5.75 Å². The van der Waals surface area contributed by atoms with E-state index in [0.717, 1.165) is 11.1 Å². The van der Waals surface area contributed by atoms with Crippen molar-refractivity contribution in [1.29, 1.82) is 0 Å². The summed E-state index contributed by atoms with van der Waals surface area (Å²) >= 11 is 12.2. The molecule has 0 aliphatic carbocycles. The molecule has 2 aromatic carbocycles. The summed E-state index contributed by atoms with van der Waals surface area (Å²) in [4.78, 5) is 12.8. The molecular formula is C23H20Cl2N4O3. The van der Waals surface area contributed by atoms with Crippen molar-refractivity contribution in [1.82, 2.24) is 14.9 Å². The highest BCUT2D eigenvalue weighted by Crippen LogP contribution is 2.23. The Morgan fingerprint density at radius 3 is 2.69 bits per heavy atom. The fourth-order valence-corrected chi connectivity index (χ4v) is 3.53. The van der Waals surface area contributed by atoms with E-state index in [1.807, 2.05) is 37.3 Å². The Bertz CT molecular complexity index is 1250. The van der Waals surface area contributed by atoms with Gasteiger partial charge in [-0.05, 0) is 43.7 Å². The summed E-state index contributed by atoms with van der Waals surface area (Å²) in [6.45, 7) is 4.34. The van der Waals surface area contributed by atoms with Gasteiger partial charge in [0.05, 0.1) is 24.0 Å². The molecule has 0 saturated heterocycles. The maximum Gasteiger partial charge on any atom is 0.278 e. The first-order chi connectivity index (χ1) is 15.4. The first-order valence-electron chi connectivity index (χ1n) is 9.81. The van der Waals surface area contributed by atoms with E-state index in [2.05, 4.69) is 15.6 Å². The van der Waals surface area contributed by atoms with Crippen molar-refractivity contribution in [3.63, 3.8) is 0 Å². The summed E-state index contributed by atoms with van der Waals surface area (Å²) in [7, 11) is 0. The second kappa shape index (κ2) is 9.46. The number of rotatable bonds is 7. The van der Waals surface area contributed by atoms with Crippen molar-refractivity contribution < 1.29 is 14.1 Å². The Labute approximate surface area is 194 Å². The summed E-state index contributed by atoms with van der Waals surface area (Å²) in [6.07, 6.45) is 3.26. The van der Waals surface area contributed by atoms with Crippen LogP contribution in [-0.4, -0.2) is 20.8 Å². The van der Waals surface area contributed by atoms with E-state index in [9.17, 15) is 4.79 Å². The molecule has 4 aromatic rings. The molecule has 164 valence electrons. The molecule has 0 saturated carbocycles. The zero-order valence-electron chi connectivity index (χ0n) is 17.4. The van der Waals surface area contributed by atoms with Crippen LogP contribution in [0.1, 0.15) is 32.9 Å². The molecule has 1 N–H and O–H groups in total. The lowest BCUT2D eigenvalue weighted by atomic mass is 10.2. The van der Waals surface area contributed by atoms with Crippen LogP contribution in [0.5, 0.6) is 5.75 Å². The van der Waals surface area contributed by atoms with Crippen molar-refractivity contribution in [2.45, 2.75) is 27.0 Å². The number of hydrogen-bond donors (Lipinski definition) is 1. The highest BCUT2D eigenvalue weighted by molar-refractivity contribution is 6.35. The molecule has 0 aliphatic rings. The van der Waals surface area contributed by atoms with Crippen molar-refractivity contribution >= 4 is 34.8 Å². The van der Waals surface area contributed by atoms with E-state index in [-0.39, 0.29) is 12.3 Å². The van der Waals surface area contributed by atoms with Crippen LogP contribution in [0.25, 0.3) is 0 Å². The molecule has 0 radical (unpaired) electrons. The Balaban J connectivity index is 1.42. The molecule has 0 fully saturated rings. The van der Waals surface area contributed by atoms with E-state index < -0.39 is 5.91 Å². The Morgan fingerprint density at radius 1 is 1.16 bits per heavy atom. The van der Waals surface area contributed by atoms with Gasteiger partial charge >= 0.3 is 0 Å². The summed E-state index contributed by atoms with van der Waals surface area (Å²) in [5.74, 6) is 0.813. The van der Waals surface area contributed by atoms with Crippen LogP contribution in [0.3, 0.4) is 0 Å². The standard InChI is InChI=1S/C23H20Cl2N4O3/c1-14-3-7-19(8-4-14)31-13-20-15(2)32-28-22(20)23(30)27-18-10-26-29(12-18)11-16-5-6-17(24)9-21(16)25/h3-10,12H,11,13H2,1-2H3,(H,27,30). The largest absolute Gasteiger partial charge is 0.489 e. The predicted octanol–water partition coefficient (Wildman–Crippen LogP) is 5.67. The second-order valence-corrected chi connectivity index (χ2v) is 8.13. The molecule has 0 atom stereocenters. The number of carbonyl (C=O) groups is 1. The number of nitrogens with zero attached hydrogens (tertiary/aromatic N) is 3. The molecule has 0 bridgehead atoms. The van der Waals surface area contributed by atoms with Gasteiger partial charge in [-0.2, -0.15) is 5.10 Å². The Hall–Kier alpha value is -3.29. The lowest BCUT2D eigenvalue weighted by Gasteiger charge is -2.07. The number of carbonyl (C=O) groups excluding carboxylic acids is 1. The number of halogens is 2. The number of anilines is 1. The minimum Gasteiger partial charge on any atom is -0.489 e. The van der Waals surface area contributed by atoms with Gasteiger partial charge in [-0.3, -0.25) is 9.48 Å². The molecule has 1 amide bonds. The fraction of sp³-hybridized carbons (Fsp3) is 0.174. The molecule has 0 unspecified atom stereocenters. The van der Waals surface area contributed by atoms with Crippen LogP contribution in [0.15, 0.2) is 59.4 Å². The molecule has 2 heterocycles. The summed E-state index contributed by atoms with van der Waals surface area (Å²) in [6, 6.07) is 12.9. The van der Waals surface area contributed by atoms with E-state index in [4.69, 9.17) is 32.5 Å². The third kappa shape index (κ3) is 5.12. The molecule has 7 nitrogen and oxygen atoms in total. The summed E-state index contributed by atoms with van der Waals surface area (Å²) < 4.78 is 12.7. The highest BCUT2D eigenvalue weighted by Gasteiger charge is 2.21. The Morgan fingerprint density at radius 2 is 1.94 bits per heavy atom. The first-order valence-corrected chi connectivity index (χ1v) is 10.6. The number of amides is 1. The van der Waals surface area contributed by atoms with Gasteiger partial charge in [0.15, 0.2) is 5.69 Å². The second-order valence-electron chi connectivity index (χ2n) is 7.28. The van der Waals surface area contributed by atoms with Crippen LogP contribution in [0.2, 0.25) is 10.0 Å². The van der Waals surface area contributed by atoms with Crippen LogP contribution in [0, 0.1) is 13.8 Å². The quantitative estimate of drug-likeness (QED) is 0.375. The minimum absolute atomic E-state index is 0.162. The fourth-order valence-electron chi connectivity index (χ4n) is 3.06. The SMILES string of the molecule is Cc1ccc(OCc2c(C(=O)Nc3cnn(Cc4ccc(Cl)cc4Cl)c3)noc2C)cc1. The maximum absolute atomic E-state index is 12.8. The van der Waals surface area contributed by atoms with Gasteiger partial charge in [0.1, 0.15) is 18.1 Å². The number of ether oxygens (including phenoxy) is 1. The van der Waals surface area contributed by atoms with E-state index in [1.54, 1.807) is 36.1 Å². The topological polar surface area (TPSA) is 82.2 Å². The molecular weight excluding hydrogens is 451 g/mol. The lowest BCUT2D eigenvalue weighted by molar-refractivity contribution is 0.101. The van der Waals surface area contributed by atoms with Crippen LogP contribution in [-0.2, 0) is 13.2 Å². The first kappa shape index (κ1) is 21.9. The number of aromatic nitrogens is 3. The lowest BCUT2D eigenvalue weighted by Crippen LogP contribution is -2.15. The average Bonchev–Trinajstić information content (AvgIpc) is 3.36. The van der Waals surface area contributed by atoms with Crippen LogP contribution in [0.4, 0.5) is 5.69 Å². The third-order valence-corrected chi connectivity index (χ3v) is 5.43. The highest BCUT2D eigenvalue weighted by atomic mass is 35.5. The monoisotopic (exact) mass is 470 g/mol. The summed E-state index contributed by atoms with van der Waals surface area (Å²) in [5, 5.41) is 12.1. The van der Waals surface area contributed by atoms with Gasteiger partial charge in [-0.25, -0.2) is 0 Å². The number of aryl methyl sites for hydroxylation is 2. The third-order valence-electron chi connectivity index (χ3n) is 4.84. The normalized spacial score (nSPS) is 10.9. The summed E-state index contributed by atoms with van der Waals surface area (Å²) in [5.41, 5.74) is 3.27. The Kier molecular flexibility index (Phi) is 6.48. The average molecular weight is 471 g/mol. The molecule has 32 heavy (non-hydrogen) atoms. The minimum atomic E-state index is -0.409. The van der Waals surface area contributed by atoms with E-state index in [1.165, 1.54) is 0 Å². The van der Waals surface area contributed by atoms with Gasteiger partial charge in [0.2, 0.25) is 0 Å². The van der Waals surface area contributed by atoms with E-state index >= 15 is 0 Å². The van der Waals surface area contributed by atoms with Crippen molar-refractivity contribution in [2.24, 2.45) is 0 Å². The molecule has 9 heteroatoms. The number of nitrogens with one attached hydrogen (secondary N) is 1. The predicted molar refractivity (Wildman–Crippen MR) is 122 cm³/mol. The smallest absolute Gasteiger partial charge is 0.278 e. The number of benzene rings is 2. The van der Waals surface area contributed by atoms with Gasteiger partial charge in [0, 0.05) is 16.2 Å². The van der Waals surface area contributed by atoms with Crippen molar-refractivity contribution in [2.75, 3.05) is 5.32 Å². The maximum atomic E-state index is 12.8. The van der Waals surface area contributed by atoms with Gasteiger partial charge in [-0.1, -0.05) is 52.1 Å². The van der Waals surface area contributed by atoms with Gasteiger partial charge in [0.25, 0.3) is 5.91 Å². The molecule has 4 rings (SSSR count).